The Morgan fingerprint density at radius 1 is 1.16 bits per heavy atom. The van der Waals surface area contributed by atoms with Crippen molar-refractivity contribution in [3.05, 3.63) is 69.5 Å². The summed E-state index contributed by atoms with van der Waals surface area (Å²) >= 11 is 12.3. The van der Waals surface area contributed by atoms with Crippen LogP contribution >= 0.6 is 23.2 Å². The highest BCUT2D eigenvalue weighted by Gasteiger charge is 2.52. The van der Waals surface area contributed by atoms with Gasteiger partial charge in [0.25, 0.3) is 0 Å². The van der Waals surface area contributed by atoms with Gasteiger partial charge in [0.05, 0.1) is 23.6 Å². The van der Waals surface area contributed by atoms with Crippen molar-refractivity contribution < 1.29 is 27.5 Å². The molecule has 0 radical (unpaired) electrons. The lowest BCUT2D eigenvalue weighted by atomic mass is 9.67. The fourth-order valence-electron chi connectivity index (χ4n) is 5.10. The molecule has 1 saturated heterocycles. The van der Waals surface area contributed by atoms with E-state index in [4.69, 9.17) is 23.2 Å². The molecule has 2 aromatic rings. The van der Waals surface area contributed by atoms with Crippen LogP contribution in [0.15, 0.2) is 42.5 Å². The van der Waals surface area contributed by atoms with Crippen LogP contribution in [0.3, 0.4) is 0 Å². The number of likely N-dealkylation sites (tertiary alicyclic amines) is 1. The zero-order valence-corrected chi connectivity index (χ0v) is 23.2. The molecule has 0 spiro atoms. The summed E-state index contributed by atoms with van der Waals surface area (Å²) in [6, 6.07) is 9.79. The minimum absolute atomic E-state index is 0.0533. The highest BCUT2D eigenvalue weighted by Crippen LogP contribution is 2.52. The SMILES string of the molecule is CCC(CNS(=O)(=O)CC)N1C(=O)[C@@](C)(CC(=O)O)C[C@H](c2cc(F)cc(Cl)c2)[C@H]1c1ccc(Cl)cc1. The fourth-order valence-corrected chi connectivity index (χ4v) is 6.10. The number of aliphatic carboxylic acids is 1. The largest absolute Gasteiger partial charge is 0.481 e. The van der Waals surface area contributed by atoms with Crippen LogP contribution in [0.1, 0.15) is 63.1 Å². The lowest BCUT2D eigenvalue weighted by Gasteiger charge is -2.52. The number of amides is 1. The second-order valence-corrected chi connectivity index (χ2v) is 12.6. The number of rotatable bonds is 10. The summed E-state index contributed by atoms with van der Waals surface area (Å²) in [7, 11) is -3.56. The lowest BCUT2D eigenvalue weighted by molar-refractivity contribution is -0.160. The summed E-state index contributed by atoms with van der Waals surface area (Å²) in [6.45, 7) is 4.88. The summed E-state index contributed by atoms with van der Waals surface area (Å²) in [5.74, 6) is -2.76. The molecule has 3 rings (SSSR count). The number of hydrogen-bond acceptors (Lipinski definition) is 4. The molecule has 0 aromatic heterocycles. The normalized spacial score (nSPS) is 23.2. The monoisotopic (exact) mass is 572 g/mol. The second-order valence-electron chi connectivity index (χ2n) is 9.67. The second kappa shape index (κ2) is 11.7. The first kappa shape index (κ1) is 29.4. The molecule has 37 heavy (non-hydrogen) atoms. The number of hydrogen-bond donors (Lipinski definition) is 2. The Bertz CT molecular complexity index is 1240. The zero-order chi connectivity index (χ0) is 27.5. The number of carbonyl (C=O) groups excluding carboxylic acids is 1. The van der Waals surface area contributed by atoms with Crippen LogP contribution in [-0.4, -0.2) is 48.6 Å². The smallest absolute Gasteiger partial charge is 0.304 e. The van der Waals surface area contributed by atoms with Crippen LogP contribution in [0.25, 0.3) is 0 Å². The number of carboxylic acids is 1. The average Bonchev–Trinajstić information content (AvgIpc) is 2.81. The molecule has 2 aromatic carbocycles. The molecule has 1 aliphatic rings. The van der Waals surface area contributed by atoms with Crippen molar-refractivity contribution in [1.82, 2.24) is 9.62 Å². The van der Waals surface area contributed by atoms with Crippen LogP contribution in [0.4, 0.5) is 4.39 Å². The highest BCUT2D eigenvalue weighted by atomic mass is 35.5. The standard InChI is InChI=1S/C26H31Cl2FN2O5S/c1-4-21(15-30-37(35,36)5-2)31-24(16-6-8-18(27)9-7-16)22(17-10-19(28)12-20(29)11-17)13-26(3,25(31)34)14-23(32)33/h6-12,21-22,24,30H,4-5,13-15H2,1-3H3,(H,32,33)/t21?,22-,24-,26-/m1/s1. The molecule has 0 saturated carbocycles. The van der Waals surface area contributed by atoms with E-state index in [1.54, 1.807) is 42.2 Å². The van der Waals surface area contributed by atoms with Gasteiger partial charge in [0, 0.05) is 28.5 Å². The predicted molar refractivity (Wildman–Crippen MR) is 142 cm³/mol. The van der Waals surface area contributed by atoms with Crippen LogP contribution < -0.4 is 4.72 Å². The minimum Gasteiger partial charge on any atom is -0.481 e. The van der Waals surface area contributed by atoms with E-state index in [0.717, 1.165) is 0 Å². The molecule has 4 atom stereocenters. The maximum absolute atomic E-state index is 14.5. The van der Waals surface area contributed by atoms with E-state index in [1.165, 1.54) is 19.1 Å². The molecule has 0 bridgehead atoms. The van der Waals surface area contributed by atoms with Gasteiger partial charge in [0.15, 0.2) is 0 Å². The van der Waals surface area contributed by atoms with Crippen molar-refractivity contribution in [3.8, 4) is 0 Å². The Morgan fingerprint density at radius 2 is 1.81 bits per heavy atom. The number of carbonyl (C=O) groups is 2. The molecule has 202 valence electrons. The Morgan fingerprint density at radius 3 is 2.35 bits per heavy atom. The van der Waals surface area contributed by atoms with E-state index >= 15 is 0 Å². The summed E-state index contributed by atoms with van der Waals surface area (Å²) in [6.07, 6.45) is 0.0764. The fraction of sp³-hybridized carbons (Fsp3) is 0.462. The lowest BCUT2D eigenvalue weighted by Crippen LogP contribution is -2.58. The number of halogens is 3. The maximum atomic E-state index is 14.5. The quantitative estimate of drug-likeness (QED) is 0.397. The van der Waals surface area contributed by atoms with Gasteiger partial charge in [-0.05, 0) is 61.2 Å². The van der Waals surface area contributed by atoms with E-state index in [1.807, 2.05) is 6.92 Å². The van der Waals surface area contributed by atoms with Crippen molar-refractivity contribution in [3.63, 3.8) is 0 Å². The molecule has 2 N–H and O–H groups in total. The molecule has 1 amide bonds. The van der Waals surface area contributed by atoms with Gasteiger partial charge >= 0.3 is 5.97 Å². The molecule has 7 nitrogen and oxygen atoms in total. The molecule has 1 heterocycles. The van der Waals surface area contributed by atoms with Gasteiger partial charge in [-0.2, -0.15) is 0 Å². The Balaban J connectivity index is 2.24. The van der Waals surface area contributed by atoms with Crippen LogP contribution in [0.2, 0.25) is 10.0 Å². The molecule has 1 aliphatic heterocycles. The van der Waals surface area contributed by atoms with E-state index < -0.39 is 57.6 Å². The molecule has 1 unspecified atom stereocenters. The summed E-state index contributed by atoms with van der Waals surface area (Å²) in [5, 5.41) is 10.3. The maximum Gasteiger partial charge on any atom is 0.304 e. The van der Waals surface area contributed by atoms with Gasteiger partial charge in [-0.1, -0.05) is 49.2 Å². The van der Waals surface area contributed by atoms with Crippen LogP contribution in [0.5, 0.6) is 0 Å². The van der Waals surface area contributed by atoms with Gasteiger partial charge in [-0.3, -0.25) is 9.59 Å². The first-order valence-corrected chi connectivity index (χ1v) is 14.4. The molecule has 11 heteroatoms. The number of nitrogens with zero attached hydrogens (tertiary/aromatic N) is 1. The van der Waals surface area contributed by atoms with Gasteiger partial charge in [-0.15, -0.1) is 0 Å². The first-order chi connectivity index (χ1) is 17.3. The number of sulfonamides is 1. The van der Waals surface area contributed by atoms with Crippen molar-refractivity contribution in [2.24, 2.45) is 5.41 Å². The summed E-state index contributed by atoms with van der Waals surface area (Å²) in [4.78, 5) is 27.5. The summed E-state index contributed by atoms with van der Waals surface area (Å²) in [5.41, 5.74) is -0.102. The number of benzene rings is 2. The van der Waals surface area contributed by atoms with E-state index in [9.17, 15) is 27.5 Å². The molecule has 1 fully saturated rings. The van der Waals surface area contributed by atoms with Crippen molar-refractivity contribution >= 4 is 45.1 Å². The van der Waals surface area contributed by atoms with Crippen molar-refractivity contribution in [1.29, 1.82) is 0 Å². The van der Waals surface area contributed by atoms with Crippen LogP contribution in [0, 0.1) is 11.2 Å². The van der Waals surface area contributed by atoms with Crippen molar-refractivity contribution in [2.75, 3.05) is 12.3 Å². The van der Waals surface area contributed by atoms with Gasteiger partial charge in [-0.25, -0.2) is 17.5 Å². The van der Waals surface area contributed by atoms with E-state index in [0.29, 0.717) is 22.6 Å². The van der Waals surface area contributed by atoms with Crippen LogP contribution in [-0.2, 0) is 19.6 Å². The third-order valence-corrected chi connectivity index (χ3v) is 8.79. The first-order valence-electron chi connectivity index (χ1n) is 12.0. The van der Waals surface area contributed by atoms with Gasteiger partial charge in [0.2, 0.25) is 15.9 Å². The molecule has 0 aliphatic carbocycles. The Kier molecular flexibility index (Phi) is 9.27. The third-order valence-electron chi connectivity index (χ3n) is 6.95. The molecular formula is C26H31Cl2FN2O5S. The van der Waals surface area contributed by atoms with Gasteiger partial charge in [0.1, 0.15) is 5.82 Å². The highest BCUT2D eigenvalue weighted by molar-refractivity contribution is 7.89. The number of piperidine rings is 1. The Labute approximate surface area is 227 Å². The Hall–Kier alpha value is -2.20. The number of nitrogens with one attached hydrogen (secondary N) is 1. The summed E-state index contributed by atoms with van der Waals surface area (Å²) < 4.78 is 41.6. The zero-order valence-electron chi connectivity index (χ0n) is 20.9. The van der Waals surface area contributed by atoms with E-state index in [2.05, 4.69) is 4.72 Å². The van der Waals surface area contributed by atoms with Gasteiger partial charge < -0.3 is 10.0 Å². The predicted octanol–water partition coefficient (Wildman–Crippen LogP) is 5.39. The number of carboxylic acid groups (broad SMARTS) is 1. The average molecular weight is 574 g/mol. The topological polar surface area (TPSA) is 104 Å². The minimum atomic E-state index is -3.56. The molecular weight excluding hydrogens is 542 g/mol. The third kappa shape index (κ3) is 6.82. The van der Waals surface area contributed by atoms with E-state index in [-0.39, 0.29) is 23.7 Å². The van der Waals surface area contributed by atoms with Crippen molar-refractivity contribution in [2.45, 2.75) is 58.0 Å².